The third kappa shape index (κ3) is 8.63. The van der Waals surface area contributed by atoms with Gasteiger partial charge in [-0.05, 0) is 60.6 Å². The van der Waals surface area contributed by atoms with Crippen molar-refractivity contribution in [2.75, 3.05) is 13.2 Å². The molecule has 1 atom stereocenters. The van der Waals surface area contributed by atoms with Crippen LogP contribution in [0.25, 0.3) is 0 Å². The van der Waals surface area contributed by atoms with E-state index in [1.165, 1.54) is 12.8 Å². The van der Waals surface area contributed by atoms with Gasteiger partial charge in [0.25, 0.3) is 0 Å². The molecule has 0 saturated heterocycles. The van der Waals surface area contributed by atoms with Gasteiger partial charge in [0.15, 0.2) is 0 Å². The van der Waals surface area contributed by atoms with E-state index >= 15 is 0 Å². The van der Waals surface area contributed by atoms with Crippen LogP contribution in [0, 0.1) is 0 Å². The average Bonchev–Trinajstić information content (AvgIpc) is 2.33. The maximum absolute atomic E-state index is 9.74. The van der Waals surface area contributed by atoms with Gasteiger partial charge in [0, 0.05) is 4.08 Å². The fourth-order valence-corrected chi connectivity index (χ4v) is 1.71. The predicted molar refractivity (Wildman–Crippen MR) is 81.0 cm³/mol. The first-order chi connectivity index (χ1) is 8.15. The lowest BCUT2D eigenvalue weighted by molar-refractivity contribution is 0.197. The average molecular weight is 353 g/mol. The largest absolute Gasteiger partial charge is 0.493 e. The predicted octanol–water partition coefficient (Wildman–Crippen LogP) is 3.13. The molecule has 0 heterocycles. The number of rotatable bonds is 9. The van der Waals surface area contributed by atoms with E-state index in [1.807, 2.05) is 17.1 Å². The van der Waals surface area contributed by atoms with E-state index in [1.54, 1.807) is 0 Å². The summed E-state index contributed by atoms with van der Waals surface area (Å²) < 4.78 is 7.52. The summed E-state index contributed by atoms with van der Waals surface area (Å²) in [7, 11) is 0. The standard InChI is InChI=1S/C13H24INO2/c1-3-4-5-8-17-12(10-14)9-11(2)13(16)6-7-15/h9-10,13,16H,3-8,15H2,1-2H3/b11-9+,12-10+. The topological polar surface area (TPSA) is 55.5 Å². The maximum Gasteiger partial charge on any atom is 0.125 e. The molecule has 0 rings (SSSR count). The molecule has 0 radical (unpaired) electrons. The zero-order valence-corrected chi connectivity index (χ0v) is 12.9. The fraction of sp³-hybridized carbons (Fsp3) is 0.692. The molecule has 0 spiro atoms. The van der Waals surface area contributed by atoms with Crippen molar-refractivity contribution >= 4 is 22.6 Å². The summed E-state index contributed by atoms with van der Waals surface area (Å²) in [6.45, 7) is 5.30. The maximum atomic E-state index is 9.74. The van der Waals surface area contributed by atoms with Gasteiger partial charge in [0.2, 0.25) is 0 Å². The van der Waals surface area contributed by atoms with E-state index < -0.39 is 6.10 Å². The fourth-order valence-electron chi connectivity index (χ4n) is 1.35. The molecular formula is C13H24INO2. The van der Waals surface area contributed by atoms with Crippen LogP contribution in [0.1, 0.15) is 39.5 Å². The van der Waals surface area contributed by atoms with E-state index in [2.05, 4.69) is 29.5 Å². The number of nitrogens with two attached hydrogens (primary N) is 1. The van der Waals surface area contributed by atoms with Crippen molar-refractivity contribution in [2.24, 2.45) is 5.73 Å². The van der Waals surface area contributed by atoms with Gasteiger partial charge in [-0.1, -0.05) is 19.8 Å². The zero-order chi connectivity index (χ0) is 13.1. The second kappa shape index (κ2) is 11.0. The minimum Gasteiger partial charge on any atom is -0.493 e. The summed E-state index contributed by atoms with van der Waals surface area (Å²) in [6.07, 6.45) is 5.46. The van der Waals surface area contributed by atoms with Gasteiger partial charge in [-0.3, -0.25) is 0 Å². The van der Waals surface area contributed by atoms with Crippen molar-refractivity contribution in [3.63, 3.8) is 0 Å². The quantitative estimate of drug-likeness (QED) is 0.290. The highest BCUT2D eigenvalue weighted by Gasteiger charge is 2.06. The van der Waals surface area contributed by atoms with Crippen LogP contribution in [0.15, 0.2) is 21.5 Å². The van der Waals surface area contributed by atoms with Crippen molar-refractivity contribution in [3.05, 3.63) is 21.5 Å². The lowest BCUT2D eigenvalue weighted by Gasteiger charge is -2.11. The number of ether oxygens (including phenoxy) is 1. The zero-order valence-electron chi connectivity index (χ0n) is 10.8. The van der Waals surface area contributed by atoms with Crippen LogP contribution in [0.5, 0.6) is 0 Å². The van der Waals surface area contributed by atoms with Gasteiger partial charge in [0.05, 0.1) is 12.7 Å². The number of aliphatic hydroxyl groups is 1. The van der Waals surface area contributed by atoms with E-state index in [9.17, 15) is 5.11 Å². The van der Waals surface area contributed by atoms with Crippen molar-refractivity contribution in [2.45, 2.75) is 45.6 Å². The van der Waals surface area contributed by atoms with Crippen molar-refractivity contribution < 1.29 is 9.84 Å². The van der Waals surface area contributed by atoms with E-state index in [4.69, 9.17) is 10.5 Å². The molecule has 0 aromatic rings. The van der Waals surface area contributed by atoms with Gasteiger partial charge in [0.1, 0.15) is 5.76 Å². The van der Waals surface area contributed by atoms with Gasteiger partial charge in [-0.25, -0.2) is 0 Å². The van der Waals surface area contributed by atoms with Gasteiger partial charge < -0.3 is 15.6 Å². The summed E-state index contributed by atoms with van der Waals surface area (Å²) in [5.74, 6) is 0.815. The molecule has 0 amide bonds. The first-order valence-electron chi connectivity index (χ1n) is 6.15. The molecule has 100 valence electrons. The van der Waals surface area contributed by atoms with Crippen LogP contribution in [0.3, 0.4) is 0 Å². The Kier molecular flexibility index (Phi) is 11.0. The Morgan fingerprint density at radius 3 is 2.71 bits per heavy atom. The Hall–Kier alpha value is -0.0700. The summed E-state index contributed by atoms with van der Waals surface area (Å²) in [5.41, 5.74) is 6.31. The Labute approximate surface area is 118 Å². The molecule has 0 aliphatic carbocycles. The number of hydrogen-bond donors (Lipinski definition) is 2. The van der Waals surface area contributed by atoms with Crippen molar-refractivity contribution in [1.29, 1.82) is 0 Å². The molecule has 0 aliphatic rings. The van der Waals surface area contributed by atoms with E-state index in [-0.39, 0.29) is 0 Å². The molecule has 3 nitrogen and oxygen atoms in total. The number of aliphatic hydroxyl groups excluding tert-OH is 1. The molecule has 0 bridgehead atoms. The Morgan fingerprint density at radius 2 is 2.18 bits per heavy atom. The van der Waals surface area contributed by atoms with Crippen LogP contribution in [-0.2, 0) is 4.74 Å². The van der Waals surface area contributed by atoms with Crippen molar-refractivity contribution in [1.82, 2.24) is 0 Å². The second-order valence-corrected chi connectivity index (χ2v) is 4.67. The Morgan fingerprint density at radius 1 is 1.47 bits per heavy atom. The molecule has 17 heavy (non-hydrogen) atoms. The Bertz CT molecular complexity index is 252. The van der Waals surface area contributed by atoms with Crippen LogP contribution < -0.4 is 5.73 Å². The molecule has 4 heteroatoms. The SMILES string of the molecule is CCCCCOC(=C/I)/C=C(\C)C(O)CCN. The first-order valence-corrected chi connectivity index (χ1v) is 7.39. The van der Waals surface area contributed by atoms with E-state index in [0.717, 1.165) is 24.4 Å². The van der Waals surface area contributed by atoms with Crippen LogP contribution in [0.4, 0.5) is 0 Å². The van der Waals surface area contributed by atoms with Crippen LogP contribution in [0.2, 0.25) is 0 Å². The first kappa shape index (κ1) is 16.9. The minimum atomic E-state index is -0.467. The smallest absolute Gasteiger partial charge is 0.125 e. The Balaban J connectivity index is 4.14. The van der Waals surface area contributed by atoms with Gasteiger partial charge in [-0.2, -0.15) is 0 Å². The molecule has 3 N–H and O–H groups in total. The summed E-state index contributed by atoms with van der Waals surface area (Å²) >= 11 is 2.15. The monoisotopic (exact) mass is 353 g/mol. The lowest BCUT2D eigenvalue weighted by atomic mass is 10.1. The number of halogens is 1. The lowest BCUT2D eigenvalue weighted by Crippen LogP contribution is -2.14. The second-order valence-electron chi connectivity index (χ2n) is 4.05. The molecule has 1 unspecified atom stereocenters. The third-order valence-electron chi connectivity index (χ3n) is 2.46. The molecule has 0 fully saturated rings. The molecule has 0 aliphatic heterocycles. The third-order valence-corrected chi connectivity index (χ3v) is 3.07. The number of unbranched alkanes of at least 4 members (excludes halogenated alkanes) is 2. The van der Waals surface area contributed by atoms with Gasteiger partial charge >= 0.3 is 0 Å². The molecule has 0 aromatic heterocycles. The summed E-state index contributed by atoms with van der Waals surface area (Å²) in [4.78, 5) is 0. The van der Waals surface area contributed by atoms with Crippen molar-refractivity contribution in [3.8, 4) is 0 Å². The summed E-state index contributed by atoms with van der Waals surface area (Å²) in [6, 6.07) is 0. The highest BCUT2D eigenvalue weighted by atomic mass is 127. The highest BCUT2D eigenvalue weighted by molar-refractivity contribution is 14.1. The minimum absolute atomic E-state index is 0.467. The number of hydrogen-bond acceptors (Lipinski definition) is 3. The van der Waals surface area contributed by atoms with E-state index in [0.29, 0.717) is 13.0 Å². The highest BCUT2D eigenvalue weighted by Crippen LogP contribution is 2.12. The number of allylic oxidation sites excluding steroid dienone is 1. The van der Waals surface area contributed by atoms with Crippen LogP contribution in [-0.4, -0.2) is 24.4 Å². The normalized spacial score (nSPS) is 14.9. The molecule has 0 aromatic carbocycles. The summed E-state index contributed by atoms with van der Waals surface area (Å²) in [5, 5.41) is 9.74. The molecular weight excluding hydrogens is 329 g/mol. The van der Waals surface area contributed by atoms with Crippen LogP contribution >= 0.6 is 22.6 Å². The molecule has 0 saturated carbocycles. The van der Waals surface area contributed by atoms with Gasteiger partial charge in [-0.15, -0.1) is 0 Å².